The fourth-order valence-corrected chi connectivity index (χ4v) is 5.03. The van der Waals surface area contributed by atoms with Crippen molar-refractivity contribution in [2.24, 2.45) is 0 Å². The minimum Gasteiger partial charge on any atom is -0.310 e. The van der Waals surface area contributed by atoms with Crippen molar-refractivity contribution in [1.82, 2.24) is 14.8 Å². The maximum Gasteiger partial charge on any atom is 0.177 e. The number of hydrogen-bond donors (Lipinski definition) is 0. The number of hydrogen-bond acceptors (Lipinski definition) is 5. The Morgan fingerprint density at radius 1 is 0.935 bits per heavy atom. The number of nitriles is 1. The van der Waals surface area contributed by atoms with E-state index in [2.05, 4.69) is 55.4 Å². The van der Waals surface area contributed by atoms with Gasteiger partial charge in [0.2, 0.25) is 0 Å². The first-order chi connectivity index (χ1) is 14.9. The summed E-state index contributed by atoms with van der Waals surface area (Å²) in [5.41, 5.74) is 3.77. The van der Waals surface area contributed by atoms with Crippen molar-refractivity contribution in [2.75, 3.05) is 4.90 Å². The number of aryl methyl sites for hydroxylation is 1. The molecule has 156 valence electrons. The lowest BCUT2D eigenvalue weighted by Crippen LogP contribution is -2.17. The van der Waals surface area contributed by atoms with Crippen molar-refractivity contribution in [2.45, 2.75) is 32.2 Å². The number of fused-ring (bicyclic) bond motifs is 1. The molecule has 0 radical (unpaired) electrons. The first kappa shape index (κ1) is 21.4. The number of thioether (sulfide) groups is 1. The van der Waals surface area contributed by atoms with Gasteiger partial charge in [0.1, 0.15) is 22.5 Å². The van der Waals surface area contributed by atoms with E-state index in [1.165, 1.54) is 6.42 Å². The molecule has 0 saturated carbocycles. The Kier molecular flexibility index (Phi) is 6.59. The van der Waals surface area contributed by atoms with Gasteiger partial charge in [0.25, 0.3) is 0 Å². The molecule has 2 aromatic carbocycles. The van der Waals surface area contributed by atoms with E-state index in [4.69, 9.17) is 0 Å². The minimum absolute atomic E-state index is 0. The molecular weight excluding hydrogens is 470 g/mol. The summed E-state index contributed by atoms with van der Waals surface area (Å²) in [7, 11) is 0. The van der Waals surface area contributed by atoms with E-state index in [1.807, 2.05) is 36.4 Å². The number of anilines is 1. The summed E-state index contributed by atoms with van der Waals surface area (Å²) in [6.07, 6.45) is 4.33. The van der Waals surface area contributed by atoms with Gasteiger partial charge < -0.3 is 9.47 Å². The van der Waals surface area contributed by atoms with Gasteiger partial charge >= 0.3 is 0 Å². The molecule has 0 fully saturated rings. The lowest BCUT2D eigenvalue weighted by molar-refractivity contribution is 0.627. The lowest BCUT2D eigenvalue weighted by atomic mass is 10.1. The van der Waals surface area contributed by atoms with E-state index in [0.29, 0.717) is 11.4 Å². The zero-order chi connectivity index (χ0) is 20.3. The van der Waals surface area contributed by atoms with Gasteiger partial charge in [0, 0.05) is 24.1 Å². The predicted molar refractivity (Wildman–Crippen MR) is 131 cm³/mol. The lowest BCUT2D eigenvalue weighted by Gasteiger charge is -2.24. The maximum atomic E-state index is 10.2. The number of allylic oxidation sites excluding steroid dienone is 1. The molecule has 31 heavy (non-hydrogen) atoms. The van der Waals surface area contributed by atoms with Crippen LogP contribution < -0.4 is 4.90 Å². The fourth-order valence-electron chi connectivity index (χ4n) is 4.00. The average molecular weight is 492 g/mol. The Morgan fingerprint density at radius 3 is 2.42 bits per heavy atom. The zero-order valence-corrected chi connectivity index (χ0v) is 19.5. The highest BCUT2D eigenvalue weighted by Gasteiger charge is 2.30. The van der Waals surface area contributed by atoms with Crippen LogP contribution in [0.25, 0.3) is 11.3 Å². The molecule has 0 atom stereocenters. The van der Waals surface area contributed by atoms with Crippen molar-refractivity contribution in [3.8, 4) is 6.07 Å². The Bertz CT molecular complexity index is 1160. The summed E-state index contributed by atoms with van der Waals surface area (Å²) in [6, 6.07) is 22.9. The van der Waals surface area contributed by atoms with E-state index < -0.39 is 0 Å². The van der Waals surface area contributed by atoms with Crippen molar-refractivity contribution in [3.05, 3.63) is 88.3 Å². The van der Waals surface area contributed by atoms with E-state index >= 15 is 0 Å². The molecule has 3 aromatic rings. The Hall–Kier alpha value is -2.82. The van der Waals surface area contributed by atoms with Crippen LogP contribution in [0.2, 0.25) is 0 Å². The van der Waals surface area contributed by atoms with Gasteiger partial charge in [0.15, 0.2) is 5.82 Å². The summed E-state index contributed by atoms with van der Waals surface area (Å²) >= 11 is 1.57. The second-order valence-electron chi connectivity index (χ2n) is 7.35. The average Bonchev–Trinajstić information content (AvgIpc) is 3.33. The quantitative estimate of drug-likeness (QED) is 0.418. The van der Waals surface area contributed by atoms with Gasteiger partial charge in [0.05, 0.1) is 5.70 Å². The molecule has 0 N–H and O–H groups in total. The highest BCUT2D eigenvalue weighted by molar-refractivity contribution is 8.93. The number of para-hydroxylation sites is 1. The van der Waals surface area contributed by atoms with Crippen LogP contribution in [-0.2, 0) is 13.0 Å². The molecule has 5 rings (SSSR count). The molecule has 0 saturated heterocycles. The third-order valence-corrected chi connectivity index (χ3v) is 6.42. The Labute approximate surface area is 196 Å². The van der Waals surface area contributed by atoms with E-state index in [9.17, 15) is 5.26 Å². The van der Waals surface area contributed by atoms with Crippen molar-refractivity contribution < 1.29 is 0 Å². The van der Waals surface area contributed by atoms with Gasteiger partial charge in [-0.15, -0.1) is 27.2 Å². The highest BCUT2D eigenvalue weighted by Crippen LogP contribution is 2.45. The van der Waals surface area contributed by atoms with Gasteiger partial charge in [-0.25, -0.2) is 0 Å². The largest absolute Gasteiger partial charge is 0.310 e. The summed E-state index contributed by atoms with van der Waals surface area (Å²) in [5, 5.41) is 22.1. The van der Waals surface area contributed by atoms with Crippen LogP contribution in [0.1, 0.15) is 36.5 Å². The van der Waals surface area contributed by atoms with Crippen LogP contribution in [-0.4, -0.2) is 14.8 Å². The molecule has 1 aromatic heterocycles. The SMILES string of the molecule is Br.N#CC(=C1SC=C(c2ccccc2)N1c1ccccc1)c1nnc2n1CCCCC2. The van der Waals surface area contributed by atoms with Gasteiger partial charge in [-0.05, 0) is 30.5 Å². The Balaban J connectivity index is 0.00000231. The second kappa shape index (κ2) is 9.54. The summed E-state index contributed by atoms with van der Waals surface area (Å²) < 4.78 is 2.14. The van der Waals surface area contributed by atoms with E-state index in [-0.39, 0.29) is 17.0 Å². The van der Waals surface area contributed by atoms with Crippen LogP contribution in [0.3, 0.4) is 0 Å². The summed E-state index contributed by atoms with van der Waals surface area (Å²) in [4.78, 5) is 2.16. The van der Waals surface area contributed by atoms with Crippen molar-refractivity contribution in [3.63, 3.8) is 0 Å². The van der Waals surface area contributed by atoms with E-state index in [0.717, 1.165) is 53.6 Å². The van der Waals surface area contributed by atoms with Crippen LogP contribution in [0.15, 0.2) is 71.1 Å². The molecule has 0 amide bonds. The first-order valence-electron chi connectivity index (χ1n) is 10.2. The van der Waals surface area contributed by atoms with Crippen LogP contribution in [0.4, 0.5) is 5.69 Å². The molecule has 0 bridgehead atoms. The zero-order valence-electron chi connectivity index (χ0n) is 16.9. The Morgan fingerprint density at radius 2 is 1.68 bits per heavy atom. The topological polar surface area (TPSA) is 57.7 Å². The van der Waals surface area contributed by atoms with Crippen LogP contribution in [0, 0.1) is 11.3 Å². The monoisotopic (exact) mass is 491 g/mol. The van der Waals surface area contributed by atoms with E-state index in [1.54, 1.807) is 11.8 Å². The molecule has 3 heterocycles. The number of nitrogens with zero attached hydrogens (tertiary/aromatic N) is 5. The third kappa shape index (κ3) is 4.06. The fraction of sp³-hybridized carbons (Fsp3) is 0.208. The number of benzene rings is 2. The van der Waals surface area contributed by atoms with Crippen LogP contribution >= 0.6 is 28.7 Å². The summed E-state index contributed by atoms with van der Waals surface area (Å²) in [6.45, 7) is 0.866. The number of halogens is 1. The molecule has 2 aliphatic rings. The molecular formula is C24H22BrN5S. The molecule has 7 heteroatoms. The van der Waals surface area contributed by atoms with Gasteiger partial charge in [-0.2, -0.15) is 5.26 Å². The molecule has 0 spiro atoms. The van der Waals surface area contributed by atoms with Crippen LogP contribution in [0.5, 0.6) is 0 Å². The minimum atomic E-state index is 0. The van der Waals surface area contributed by atoms with Crippen molar-refractivity contribution in [1.29, 1.82) is 5.26 Å². The number of aromatic nitrogens is 3. The summed E-state index contributed by atoms with van der Waals surface area (Å²) in [5.74, 6) is 1.67. The highest BCUT2D eigenvalue weighted by atomic mass is 79.9. The third-order valence-electron chi connectivity index (χ3n) is 5.47. The number of rotatable bonds is 3. The standard InChI is InChI=1S/C24H21N5S.BrH/c25-16-20(23-27-26-22-14-8-3-9-15-28(22)23)24-29(19-12-6-2-7-13-19)21(17-30-24)18-10-4-1-5-11-18;/h1-2,4-7,10-13,17H,3,8-9,14-15H2;1H. The van der Waals surface area contributed by atoms with Gasteiger partial charge in [-0.1, -0.05) is 66.7 Å². The van der Waals surface area contributed by atoms with Gasteiger partial charge in [-0.3, -0.25) is 0 Å². The maximum absolute atomic E-state index is 10.2. The van der Waals surface area contributed by atoms with Crippen molar-refractivity contribution >= 4 is 45.7 Å². The normalized spacial score (nSPS) is 17.1. The molecule has 5 nitrogen and oxygen atoms in total. The molecule has 0 aliphatic carbocycles. The predicted octanol–water partition coefficient (Wildman–Crippen LogP) is 6.03. The molecule has 2 aliphatic heterocycles. The smallest absolute Gasteiger partial charge is 0.177 e. The first-order valence-corrected chi connectivity index (χ1v) is 11.1. The molecule has 0 unspecified atom stereocenters. The second-order valence-corrected chi connectivity index (χ2v) is 8.21.